The highest BCUT2D eigenvalue weighted by molar-refractivity contribution is 5.83. The first-order valence-electron chi connectivity index (χ1n) is 9.18. The maximum absolute atomic E-state index is 12.9. The summed E-state index contributed by atoms with van der Waals surface area (Å²) >= 11 is 0. The van der Waals surface area contributed by atoms with Crippen molar-refractivity contribution in [3.8, 4) is 0 Å². The van der Waals surface area contributed by atoms with Gasteiger partial charge in [-0.3, -0.25) is 4.79 Å². The lowest BCUT2D eigenvalue weighted by Crippen LogP contribution is -2.49. The second kappa shape index (κ2) is 5.66. The molecular formula is C19H28N2O2. The smallest absolute Gasteiger partial charge is 0.226 e. The lowest BCUT2D eigenvalue weighted by atomic mass is 9.92. The van der Waals surface area contributed by atoms with Crippen LogP contribution in [0.5, 0.6) is 0 Å². The molecule has 1 saturated heterocycles. The van der Waals surface area contributed by atoms with E-state index in [0.29, 0.717) is 30.2 Å². The summed E-state index contributed by atoms with van der Waals surface area (Å²) in [5.74, 6) is 4.90. The first kappa shape index (κ1) is 15.3. The minimum absolute atomic E-state index is 0.119. The fourth-order valence-corrected chi connectivity index (χ4v) is 4.25. The number of amides is 1. The fraction of sp³-hybridized carbons (Fsp3) is 0.737. The van der Waals surface area contributed by atoms with Crippen LogP contribution in [-0.4, -0.2) is 29.9 Å². The standard InChI is InChI=1S/C19H28N2O2/c1-11-5-6-21(13(7-11)10-20)19(22)16-9-15(16)18-4-3-17(23-18)14-8-12(14)2/h3-4,11-16H,5-10,20H2,1-2H3. The monoisotopic (exact) mass is 316 g/mol. The summed E-state index contributed by atoms with van der Waals surface area (Å²) in [5.41, 5.74) is 5.90. The van der Waals surface area contributed by atoms with Crippen molar-refractivity contribution in [2.75, 3.05) is 13.1 Å². The predicted octanol–water partition coefficient (Wildman–Crippen LogP) is 3.09. The maximum atomic E-state index is 12.9. The van der Waals surface area contributed by atoms with Crippen molar-refractivity contribution >= 4 is 5.91 Å². The van der Waals surface area contributed by atoms with Crippen molar-refractivity contribution in [1.82, 2.24) is 4.90 Å². The number of hydrogen-bond donors (Lipinski definition) is 1. The van der Waals surface area contributed by atoms with Crippen molar-refractivity contribution < 1.29 is 9.21 Å². The highest BCUT2D eigenvalue weighted by Gasteiger charge is 2.49. The van der Waals surface area contributed by atoms with Crippen LogP contribution in [0.1, 0.15) is 62.9 Å². The van der Waals surface area contributed by atoms with Gasteiger partial charge >= 0.3 is 0 Å². The molecule has 0 bridgehead atoms. The largest absolute Gasteiger partial charge is 0.465 e. The molecule has 2 saturated carbocycles. The number of nitrogens with zero attached hydrogens (tertiary/aromatic N) is 1. The summed E-state index contributed by atoms with van der Waals surface area (Å²) in [7, 11) is 0. The van der Waals surface area contributed by atoms with E-state index in [1.54, 1.807) is 0 Å². The summed E-state index contributed by atoms with van der Waals surface area (Å²) in [6, 6.07) is 4.44. The van der Waals surface area contributed by atoms with Crippen LogP contribution in [0.4, 0.5) is 0 Å². The lowest BCUT2D eigenvalue weighted by molar-refractivity contribution is -0.136. The Kier molecular flexibility index (Phi) is 3.75. The molecule has 126 valence electrons. The highest BCUT2D eigenvalue weighted by Crippen LogP contribution is 2.52. The molecule has 2 aliphatic carbocycles. The number of furan rings is 1. The Morgan fingerprint density at radius 3 is 2.57 bits per heavy atom. The Morgan fingerprint density at radius 2 is 1.91 bits per heavy atom. The molecule has 1 aliphatic heterocycles. The number of piperidine rings is 1. The van der Waals surface area contributed by atoms with E-state index in [-0.39, 0.29) is 12.0 Å². The highest BCUT2D eigenvalue weighted by atomic mass is 16.3. The SMILES string of the molecule is CC1CCN(C(=O)C2CC2c2ccc(C3CC3C)o2)C(CN)C1. The lowest BCUT2D eigenvalue weighted by Gasteiger charge is -2.38. The molecule has 1 aromatic heterocycles. The van der Waals surface area contributed by atoms with E-state index in [4.69, 9.17) is 10.2 Å². The van der Waals surface area contributed by atoms with Crippen LogP contribution in [0, 0.1) is 17.8 Å². The van der Waals surface area contributed by atoms with Crippen LogP contribution in [-0.2, 0) is 4.79 Å². The van der Waals surface area contributed by atoms with Gasteiger partial charge in [-0.2, -0.15) is 0 Å². The Labute approximate surface area is 138 Å². The predicted molar refractivity (Wildman–Crippen MR) is 89.0 cm³/mol. The second-order valence-corrected chi connectivity index (χ2v) is 8.06. The van der Waals surface area contributed by atoms with Gasteiger partial charge in [0.2, 0.25) is 5.91 Å². The molecule has 6 unspecified atom stereocenters. The first-order valence-corrected chi connectivity index (χ1v) is 9.18. The van der Waals surface area contributed by atoms with Gasteiger partial charge in [0.05, 0.1) is 0 Å². The Balaban J connectivity index is 1.40. The van der Waals surface area contributed by atoms with Gasteiger partial charge in [0, 0.05) is 36.9 Å². The van der Waals surface area contributed by atoms with E-state index in [2.05, 4.69) is 30.9 Å². The zero-order valence-corrected chi connectivity index (χ0v) is 14.2. The Morgan fingerprint density at radius 1 is 1.22 bits per heavy atom. The molecule has 4 rings (SSSR count). The molecule has 23 heavy (non-hydrogen) atoms. The van der Waals surface area contributed by atoms with Crippen LogP contribution < -0.4 is 5.73 Å². The Hall–Kier alpha value is -1.29. The van der Waals surface area contributed by atoms with Gasteiger partial charge in [0.15, 0.2) is 0 Å². The van der Waals surface area contributed by atoms with E-state index < -0.39 is 0 Å². The number of rotatable bonds is 4. The normalized spacial score (nSPS) is 39.3. The molecule has 0 aromatic carbocycles. The van der Waals surface area contributed by atoms with Crippen LogP contribution in [0.3, 0.4) is 0 Å². The van der Waals surface area contributed by atoms with Gasteiger partial charge < -0.3 is 15.1 Å². The molecule has 6 atom stereocenters. The third-order valence-electron chi connectivity index (χ3n) is 6.13. The average Bonchev–Trinajstić information content (AvgIpc) is 3.44. The summed E-state index contributed by atoms with van der Waals surface area (Å²) in [4.78, 5) is 14.9. The zero-order chi connectivity index (χ0) is 16.1. The molecule has 0 spiro atoms. The molecule has 1 aromatic rings. The van der Waals surface area contributed by atoms with Crippen molar-refractivity contribution in [2.24, 2.45) is 23.5 Å². The minimum atomic E-state index is 0.119. The molecule has 1 amide bonds. The van der Waals surface area contributed by atoms with Gasteiger partial charge in [-0.25, -0.2) is 0 Å². The quantitative estimate of drug-likeness (QED) is 0.928. The number of likely N-dealkylation sites (tertiary alicyclic amines) is 1. The molecular weight excluding hydrogens is 288 g/mol. The number of carbonyl (C=O) groups is 1. The van der Waals surface area contributed by atoms with E-state index >= 15 is 0 Å². The third kappa shape index (κ3) is 2.82. The zero-order valence-electron chi connectivity index (χ0n) is 14.2. The van der Waals surface area contributed by atoms with Crippen molar-refractivity contribution in [3.05, 3.63) is 23.7 Å². The van der Waals surface area contributed by atoms with Crippen molar-refractivity contribution in [1.29, 1.82) is 0 Å². The van der Waals surface area contributed by atoms with Gasteiger partial charge in [0.25, 0.3) is 0 Å². The molecule has 2 heterocycles. The van der Waals surface area contributed by atoms with Gasteiger partial charge in [-0.15, -0.1) is 0 Å². The topological polar surface area (TPSA) is 59.5 Å². The van der Waals surface area contributed by atoms with Gasteiger partial charge in [-0.1, -0.05) is 13.8 Å². The second-order valence-electron chi connectivity index (χ2n) is 8.06. The molecule has 3 aliphatic rings. The maximum Gasteiger partial charge on any atom is 0.226 e. The molecule has 4 heteroatoms. The molecule has 3 fully saturated rings. The van der Waals surface area contributed by atoms with Gasteiger partial charge in [-0.05, 0) is 49.7 Å². The van der Waals surface area contributed by atoms with Crippen LogP contribution in [0.15, 0.2) is 16.5 Å². The number of carbonyl (C=O) groups excluding carboxylic acids is 1. The third-order valence-corrected chi connectivity index (χ3v) is 6.13. The number of nitrogens with two attached hydrogens (primary N) is 1. The summed E-state index contributed by atoms with van der Waals surface area (Å²) < 4.78 is 6.04. The van der Waals surface area contributed by atoms with Crippen LogP contribution in [0.2, 0.25) is 0 Å². The van der Waals surface area contributed by atoms with Gasteiger partial charge in [0.1, 0.15) is 11.5 Å². The summed E-state index contributed by atoms with van der Waals surface area (Å²) in [6.45, 7) is 5.97. The van der Waals surface area contributed by atoms with Crippen molar-refractivity contribution in [2.45, 2.75) is 57.4 Å². The van der Waals surface area contributed by atoms with Crippen molar-refractivity contribution in [3.63, 3.8) is 0 Å². The van der Waals surface area contributed by atoms with E-state index in [1.807, 2.05) is 0 Å². The summed E-state index contributed by atoms with van der Waals surface area (Å²) in [5, 5.41) is 0. The van der Waals surface area contributed by atoms with Crippen LogP contribution >= 0.6 is 0 Å². The fourth-order valence-electron chi connectivity index (χ4n) is 4.25. The van der Waals surface area contributed by atoms with E-state index in [0.717, 1.165) is 43.2 Å². The first-order chi connectivity index (χ1) is 11.1. The van der Waals surface area contributed by atoms with E-state index in [9.17, 15) is 4.79 Å². The molecule has 4 nitrogen and oxygen atoms in total. The average molecular weight is 316 g/mol. The van der Waals surface area contributed by atoms with Crippen LogP contribution in [0.25, 0.3) is 0 Å². The van der Waals surface area contributed by atoms with E-state index in [1.165, 1.54) is 6.42 Å². The summed E-state index contributed by atoms with van der Waals surface area (Å²) in [6.07, 6.45) is 4.33. The Bertz CT molecular complexity index is 596. The molecule has 0 radical (unpaired) electrons. The number of hydrogen-bond acceptors (Lipinski definition) is 3. The molecule has 2 N–H and O–H groups in total. The minimum Gasteiger partial charge on any atom is -0.465 e.